The minimum Gasteiger partial charge on any atom is -0.316 e. The minimum absolute atomic E-state index is 0.645. The maximum atomic E-state index is 8.31. The van der Waals surface area contributed by atoms with Gasteiger partial charge in [0.2, 0.25) is 0 Å². The molecular formula is C7H12N2S. The molecule has 1 fully saturated rings. The van der Waals surface area contributed by atoms with Crippen LogP contribution in [0.4, 0.5) is 0 Å². The normalized spacial score (nSPS) is 25.7. The number of nitrogens with one attached hydrogen (secondary N) is 1. The molecule has 3 heteroatoms. The lowest BCUT2D eigenvalue weighted by Crippen LogP contribution is -2.31. The second-order valence-electron chi connectivity index (χ2n) is 2.44. The van der Waals surface area contributed by atoms with Crippen molar-refractivity contribution in [2.45, 2.75) is 18.1 Å². The Morgan fingerprint density at radius 3 is 3.20 bits per heavy atom. The van der Waals surface area contributed by atoms with Gasteiger partial charge in [-0.2, -0.15) is 5.26 Å². The number of hydrogen-bond donors (Lipinski definition) is 1. The van der Waals surface area contributed by atoms with E-state index in [1.165, 1.54) is 12.8 Å². The first-order valence-electron chi connectivity index (χ1n) is 3.63. The van der Waals surface area contributed by atoms with Crippen LogP contribution >= 0.6 is 11.8 Å². The van der Waals surface area contributed by atoms with Gasteiger partial charge in [-0.1, -0.05) is 0 Å². The van der Waals surface area contributed by atoms with Crippen molar-refractivity contribution in [3.63, 3.8) is 0 Å². The Balaban J connectivity index is 2.09. The highest BCUT2D eigenvalue weighted by atomic mass is 32.2. The van der Waals surface area contributed by atoms with Gasteiger partial charge in [-0.25, -0.2) is 0 Å². The first-order chi connectivity index (χ1) is 4.93. The fourth-order valence-corrected chi connectivity index (χ4v) is 2.00. The average molecular weight is 156 g/mol. The highest BCUT2D eigenvalue weighted by Gasteiger charge is 2.11. The van der Waals surface area contributed by atoms with E-state index in [1.54, 1.807) is 11.8 Å². The van der Waals surface area contributed by atoms with Crippen LogP contribution in [-0.4, -0.2) is 24.1 Å². The Kier molecular flexibility index (Phi) is 3.63. The molecule has 0 amide bonds. The highest BCUT2D eigenvalue weighted by molar-refractivity contribution is 8.00. The van der Waals surface area contributed by atoms with Gasteiger partial charge in [-0.3, -0.25) is 0 Å². The summed E-state index contributed by atoms with van der Waals surface area (Å²) in [6, 6.07) is 2.15. The van der Waals surface area contributed by atoms with Crippen molar-refractivity contribution in [1.29, 1.82) is 5.26 Å². The highest BCUT2D eigenvalue weighted by Crippen LogP contribution is 2.17. The van der Waals surface area contributed by atoms with Crippen LogP contribution in [0.3, 0.4) is 0 Å². The molecule has 0 aromatic carbocycles. The Morgan fingerprint density at radius 1 is 1.70 bits per heavy atom. The van der Waals surface area contributed by atoms with E-state index in [9.17, 15) is 0 Å². The zero-order valence-corrected chi connectivity index (χ0v) is 6.78. The second-order valence-corrected chi connectivity index (χ2v) is 3.73. The maximum absolute atomic E-state index is 8.31. The molecule has 1 saturated heterocycles. The van der Waals surface area contributed by atoms with Crippen molar-refractivity contribution in [3.8, 4) is 6.07 Å². The van der Waals surface area contributed by atoms with Crippen LogP contribution in [0.25, 0.3) is 0 Å². The van der Waals surface area contributed by atoms with Crippen LogP contribution in [-0.2, 0) is 0 Å². The molecule has 0 radical (unpaired) electrons. The SMILES string of the molecule is N#CCSC1CCCNC1. The van der Waals surface area contributed by atoms with Crippen LogP contribution < -0.4 is 5.32 Å². The number of nitriles is 1. The molecule has 1 aliphatic heterocycles. The molecule has 0 spiro atoms. The smallest absolute Gasteiger partial charge is 0.0811 e. The van der Waals surface area contributed by atoms with Gasteiger partial charge in [0.1, 0.15) is 0 Å². The quantitative estimate of drug-likeness (QED) is 0.647. The Bertz CT molecular complexity index is 124. The monoisotopic (exact) mass is 156 g/mol. The lowest BCUT2D eigenvalue weighted by Gasteiger charge is -2.20. The summed E-state index contributed by atoms with van der Waals surface area (Å²) in [5, 5.41) is 12.3. The number of piperidine rings is 1. The van der Waals surface area contributed by atoms with E-state index in [0.717, 1.165) is 13.1 Å². The van der Waals surface area contributed by atoms with Gasteiger partial charge in [0.05, 0.1) is 11.8 Å². The number of rotatable bonds is 2. The molecule has 0 aromatic heterocycles. The van der Waals surface area contributed by atoms with Crippen LogP contribution in [0, 0.1) is 11.3 Å². The summed E-state index contributed by atoms with van der Waals surface area (Å²) in [5.41, 5.74) is 0. The molecule has 0 saturated carbocycles. The predicted octanol–water partition coefficient (Wildman–Crippen LogP) is 0.995. The van der Waals surface area contributed by atoms with E-state index in [2.05, 4.69) is 11.4 Å². The van der Waals surface area contributed by atoms with E-state index in [1.807, 2.05) is 0 Å². The number of nitrogens with zero attached hydrogens (tertiary/aromatic N) is 1. The average Bonchev–Trinajstić information content (AvgIpc) is 2.03. The predicted molar refractivity (Wildman–Crippen MR) is 44.0 cm³/mol. The van der Waals surface area contributed by atoms with Crippen molar-refractivity contribution in [2.24, 2.45) is 0 Å². The number of hydrogen-bond acceptors (Lipinski definition) is 3. The largest absolute Gasteiger partial charge is 0.316 e. The fourth-order valence-electron chi connectivity index (χ4n) is 1.12. The van der Waals surface area contributed by atoms with Crippen LogP contribution in [0.1, 0.15) is 12.8 Å². The standard InChI is InChI=1S/C7H12N2S/c8-3-5-10-7-2-1-4-9-6-7/h7,9H,1-2,4-6H2. The molecule has 1 aliphatic rings. The summed E-state index contributed by atoms with van der Waals surface area (Å²) < 4.78 is 0. The second kappa shape index (κ2) is 4.59. The van der Waals surface area contributed by atoms with Gasteiger partial charge in [-0.05, 0) is 19.4 Å². The summed E-state index contributed by atoms with van der Waals surface area (Å²) in [5.74, 6) is 0.645. The van der Waals surface area contributed by atoms with E-state index >= 15 is 0 Å². The van der Waals surface area contributed by atoms with Crippen molar-refractivity contribution in [3.05, 3.63) is 0 Å². The van der Waals surface area contributed by atoms with E-state index in [-0.39, 0.29) is 0 Å². The maximum Gasteiger partial charge on any atom is 0.0811 e. The zero-order valence-electron chi connectivity index (χ0n) is 5.97. The van der Waals surface area contributed by atoms with E-state index in [4.69, 9.17) is 5.26 Å². The minimum atomic E-state index is 0.645. The molecule has 1 N–H and O–H groups in total. The summed E-state index contributed by atoms with van der Waals surface area (Å²) in [6.45, 7) is 2.25. The van der Waals surface area contributed by atoms with Gasteiger partial charge in [0, 0.05) is 11.8 Å². The van der Waals surface area contributed by atoms with Crippen LogP contribution in [0.5, 0.6) is 0 Å². The van der Waals surface area contributed by atoms with Gasteiger partial charge in [0.15, 0.2) is 0 Å². The molecule has 0 bridgehead atoms. The first-order valence-corrected chi connectivity index (χ1v) is 4.67. The van der Waals surface area contributed by atoms with Crippen molar-refractivity contribution in [1.82, 2.24) is 5.32 Å². The molecular weight excluding hydrogens is 144 g/mol. The fraction of sp³-hybridized carbons (Fsp3) is 0.857. The van der Waals surface area contributed by atoms with Gasteiger partial charge >= 0.3 is 0 Å². The Morgan fingerprint density at radius 2 is 2.60 bits per heavy atom. The van der Waals surface area contributed by atoms with Gasteiger partial charge in [-0.15, -0.1) is 11.8 Å². The summed E-state index contributed by atoms with van der Waals surface area (Å²) in [7, 11) is 0. The van der Waals surface area contributed by atoms with Gasteiger partial charge in [0.25, 0.3) is 0 Å². The lowest BCUT2D eigenvalue weighted by atomic mass is 10.2. The molecule has 56 valence electrons. The lowest BCUT2D eigenvalue weighted by molar-refractivity contribution is 0.532. The van der Waals surface area contributed by atoms with Crippen LogP contribution in [0.2, 0.25) is 0 Å². The Hall–Kier alpha value is -0.200. The zero-order chi connectivity index (χ0) is 7.23. The molecule has 10 heavy (non-hydrogen) atoms. The van der Waals surface area contributed by atoms with Crippen LogP contribution in [0.15, 0.2) is 0 Å². The summed E-state index contributed by atoms with van der Waals surface area (Å²) in [4.78, 5) is 0. The summed E-state index contributed by atoms with van der Waals surface area (Å²) in [6.07, 6.45) is 2.54. The first kappa shape index (κ1) is 7.90. The third kappa shape index (κ3) is 2.59. The molecule has 1 atom stereocenters. The van der Waals surface area contributed by atoms with Crippen molar-refractivity contribution >= 4 is 11.8 Å². The van der Waals surface area contributed by atoms with Crippen molar-refractivity contribution < 1.29 is 0 Å². The summed E-state index contributed by atoms with van der Waals surface area (Å²) >= 11 is 1.77. The topological polar surface area (TPSA) is 35.8 Å². The number of thioether (sulfide) groups is 1. The third-order valence-corrected chi connectivity index (χ3v) is 2.80. The molecule has 1 unspecified atom stereocenters. The van der Waals surface area contributed by atoms with Crippen molar-refractivity contribution in [2.75, 3.05) is 18.8 Å². The molecule has 0 aromatic rings. The molecule has 0 aliphatic carbocycles. The third-order valence-electron chi connectivity index (χ3n) is 1.64. The molecule has 2 nitrogen and oxygen atoms in total. The Labute approximate surface area is 66.0 Å². The van der Waals surface area contributed by atoms with E-state index < -0.39 is 0 Å². The molecule has 1 heterocycles. The van der Waals surface area contributed by atoms with Gasteiger partial charge < -0.3 is 5.32 Å². The molecule has 1 rings (SSSR count). The van der Waals surface area contributed by atoms with E-state index in [0.29, 0.717) is 11.0 Å².